The molecule has 1 saturated heterocycles. The van der Waals surface area contributed by atoms with Gasteiger partial charge in [-0.1, -0.05) is 12.1 Å². The molecule has 31 heavy (non-hydrogen) atoms. The van der Waals surface area contributed by atoms with Gasteiger partial charge in [-0.05, 0) is 37.1 Å². The topological polar surface area (TPSA) is 77.9 Å². The van der Waals surface area contributed by atoms with Crippen molar-refractivity contribution in [1.82, 2.24) is 14.7 Å². The van der Waals surface area contributed by atoms with E-state index in [1.165, 1.54) is 0 Å². The number of amides is 1. The van der Waals surface area contributed by atoms with E-state index in [4.69, 9.17) is 14.2 Å². The molecule has 8 heteroatoms. The summed E-state index contributed by atoms with van der Waals surface area (Å²) in [7, 11) is 1.62. The van der Waals surface area contributed by atoms with Gasteiger partial charge < -0.3 is 24.4 Å². The van der Waals surface area contributed by atoms with Crippen LogP contribution in [0.3, 0.4) is 0 Å². The van der Waals surface area contributed by atoms with Crippen molar-refractivity contribution in [2.45, 2.75) is 18.9 Å². The van der Waals surface area contributed by atoms with Gasteiger partial charge in [-0.25, -0.2) is 4.68 Å². The summed E-state index contributed by atoms with van der Waals surface area (Å²) in [5.41, 5.74) is 2.33. The van der Waals surface area contributed by atoms with Crippen molar-refractivity contribution in [1.29, 1.82) is 0 Å². The number of carbonyl (C=O) groups is 1. The number of piperidine rings is 1. The Bertz CT molecular complexity index is 1100. The Balaban J connectivity index is 1.27. The third kappa shape index (κ3) is 3.88. The maximum absolute atomic E-state index is 13.1. The molecule has 0 bridgehead atoms. The summed E-state index contributed by atoms with van der Waals surface area (Å²) in [6, 6.07) is 13.6. The van der Waals surface area contributed by atoms with Crippen molar-refractivity contribution in [3.05, 3.63) is 60.4 Å². The second kappa shape index (κ2) is 8.22. The lowest BCUT2D eigenvalue weighted by Gasteiger charge is -2.33. The molecule has 0 radical (unpaired) electrons. The quantitative estimate of drug-likeness (QED) is 0.682. The van der Waals surface area contributed by atoms with Crippen molar-refractivity contribution in [3.63, 3.8) is 0 Å². The van der Waals surface area contributed by atoms with Gasteiger partial charge in [0.25, 0.3) is 5.91 Å². The van der Waals surface area contributed by atoms with E-state index < -0.39 is 0 Å². The Morgan fingerprint density at radius 2 is 2.06 bits per heavy atom. The zero-order valence-corrected chi connectivity index (χ0v) is 17.3. The molecular weight excluding hydrogens is 396 g/mol. The van der Waals surface area contributed by atoms with E-state index in [9.17, 15) is 4.79 Å². The van der Waals surface area contributed by atoms with Gasteiger partial charge in [-0.2, -0.15) is 5.10 Å². The molecule has 1 atom stereocenters. The van der Waals surface area contributed by atoms with Crippen molar-refractivity contribution in [2.75, 3.05) is 32.3 Å². The predicted molar refractivity (Wildman–Crippen MR) is 115 cm³/mol. The van der Waals surface area contributed by atoms with Crippen molar-refractivity contribution >= 4 is 11.6 Å². The van der Waals surface area contributed by atoms with E-state index in [1.54, 1.807) is 24.2 Å². The molecule has 1 unspecified atom stereocenters. The van der Waals surface area contributed by atoms with E-state index in [-0.39, 0.29) is 18.7 Å². The molecule has 3 aromatic rings. The number of nitrogens with one attached hydrogen (secondary N) is 1. The van der Waals surface area contributed by atoms with Crippen molar-refractivity contribution in [2.24, 2.45) is 0 Å². The third-order valence-corrected chi connectivity index (χ3v) is 5.61. The normalized spacial score (nSPS) is 17.5. The standard InChI is InChI=1S/C23H24N4O4/c1-29-20-7-3-2-6-19(20)27-13-16(12-24-27)23(28)26-10-4-5-18(14-26)25-17-8-9-21-22(11-17)31-15-30-21/h2-3,6-9,11-13,18,25H,4-5,10,14-15H2,1H3. The lowest BCUT2D eigenvalue weighted by Crippen LogP contribution is -2.45. The summed E-state index contributed by atoms with van der Waals surface area (Å²) in [6.07, 6.45) is 5.31. The Hall–Kier alpha value is -3.68. The highest BCUT2D eigenvalue weighted by atomic mass is 16.7. The minimum atomic E-state index is -0.0154. The molecule has 3 heterocycles. The Morgan fingerprint density at radius 3 is 2.97 bits per heavy atom. The molecule has 160 valence electrons. The van der Waals surface area contributed by atoms with E-state index in [1.807, 2.05) is 47.4 Å². The molecule has 0 aliphatic carbocycles. The highest BCUT2D eigenvalue weighted by molar-refractivity contribution is 5.94. The Morgan fingerprint density at radius 1 is 1.19 bits per heavy atom. The minimum Gasteiger partial charge on any atom is -0.494 e. The smallest absolute Gasteiger partial charge is 0.257 e. The van der Waals surface area contributed by atoms with Crippen LogP contribution in [0.25, 0.3) is 5.69 Å². The number of para-hydroxylation sites is 2. The molecule has 2 aliphatic rings. The van der Waals surface area contributed by atoms with E-state index in [2.05, 4.69) is 10.4 Å². The lowest BCUT2D eigenvalue weighted by atomic mass is 10.0. The monoisotopic (exact) mass is 420 g/mol. The summed E-state index contributed by atoms with van der Waals surface area (Å²) in [4.78, 5) is 15.0. The van der Waals surface area contributed by atoms with Crippen LogP contribution < -0.4 is 19.5 Å². The highest BCUT2D eigenvalue weighted by Crippen LogP contribution is 2.34. The van der Waals surface area contributed by atoms with Gasteiger partial charge in [0.05, 0.1) is 18.9 Å². The second-order valence-corrected chi connectivity index (χ2v) is 7.65. The molecule has 8 nitrogen and oxygen atoms in total. The zero-order chi connectivity index (χ0) is 21.2. The SMILES string of the molecule is COc1ccccc1-n1cc(C(=O)N2CCCC(Nc3ccc4c(c3)OCO4)C2)cn1. The van der Waals surface area contributed by atoms with E-state index in [0.717, 1.165) is 42.3 Å². The van der Waals surface area contributed by atoms with Gasteiger partial charge in [0, 0.05) is 37.1 Å². The average molecular weight is 420 g/mol. The number of likely N-dealkylation sites (tertiary alicyclic amines) is 1. The fraction of sp³-hybridized carbons (Fsp3) is 0.304. The van der Waals surface area contributed by atoms with Crippen molar-refractivity contribution < 1.29 is 19.0 Å². The number of hydrogen-bond acceptors (Lipinski definition) is 6. The Labute approximate surface area is 180 Å². The number of fused-ring (bicyclic) bond motifs is 1. The first-order valence-corrected chi connectivity index (χ1v) is 10.3. The van der Waals surface area contributed by atoms with Crippen LogP contribution >= 0.6 is 0 Å². The first kappa shape index (κ1) is 19.3. The molecule has 2 aliphatic heterocycles. The first-order chi connectivity index (χ1) is 15.2. The van der Waals surface area contributed by atoms with Crippen LogP contribution in [0.5, 0.6) is 17.2 Å². The molecule has 1 fully saturated rings. The van der Waals surface area contributed by atoms with Crippen LogP contribution in [0.15, 0.2) is 54.9 Å². The van der Waals surface area contributed by atoms with Gasteiger partial charge in [0.1, 0.15) is 11.4 Å². The van der Waals surface area contributed by atoms with Crippen LogP contribution in [-0.4, -0.2) is 53.6 Å². The molecular formula is C23H24N4O4. The molecule has 0 saturated carbocycles. The predicted octanol–water partition coefficient (Wildman–Crippen LogP) is 3.33. The summed E-state index contributed by atoms with van der Waals surface area (Å²) in [6.45, 7) is 1.62. The highest BCUT2D eigenvalue weighted by Gasteiger charge is 2.26. The second-order valence-electron chi connectivity index (χ2n) is 7.65. The molecule has 1 N–H and O–H groups in total. The minimum absolute atomic E-state index is 0.0154. The molecule has 1 aromatic heterocycles. The third-order valence-electron chi connectivity index (χ3n) is 5.61. The number of anilines is 1. The van der Waals surface area contributed by atoms with Crippen LogP contribution in [0.4, 0.5) is 5.69 Å². The first-order valence-electron chi connectivity index (χ1n) is 10.3. The van der Waals surface area contributed by atoms with Gasteiger partial charge in [0.2, 0.25) is 6.79 Å². The number of carbonyl (C=O) groups excluding carboxylic acids is 1. The number of ether oxygens (including phenoxy) is 3. The number of aromatic nitrogens is 2. The van der Waals surface area contributed by atoms with Crippen molar-refractivity contribution in [3.8, 4) is 22.9 Å². The van der Waals surface area contributed by atoms with Crippen LogP contribution in [0.2, 0.25) is 0 Å². The number of nitrogens with zero attached hydrogens (tertiary/aromatic N) is 3. The lowest BCUT2D eigenvalue weighted by molar-refractivity contribution is 0.0715. The molecule has 1 amide bonds. The molecule has 2 aromatic carbocycles. The van der Waals surface area contributed by atoms with E-state index >= 15 is 0 Å². The van der Waals surface area contributed by atoms with Crippen LogP contribution in [0.1, 0.15) is 23.2 Å². The number of rotatable bonds is 5. The molecule has 5 rings (SSSR count). The number of hydrogen-bond donors (Lipinski definition) is 1. The largest absolute Gasteiger partial charge is 0.494 e. The van der Waals surface area contributed by atoms with Gasteiger partial charge >= 0.3 is 0 Å². The fourth-order valence-electron chi connectivity index (χ4n) is 4.07. The summed E-state index contributed by atoms with van der Waals surface area (Å²) < 4.78 is 17.9. The number of benzene rings is 2. The van der Waals surface area contributed by atoms with Gasteiger partial charge in [-0.3, -0.25) is 4.79 Å². The number of methoxy groups -OCH3 is 1. The Kier molecular flexibility index (Phi) is 5.11. The van der Waals surface area contributed by atoms with Crippen LogP contribution in [0, 0.1) is 0 Å². The average Bonchev–Trinajstić information content (AvgIpc) is 3.48. The summed E-state index contributed by atoms with van der Waals surface area (Å²) >= 11 is 0. The summed E-state index contributed by atoms with van der Waals surface area (Å²) in [5.74, 6) is 2.20. The molecule has 0 spiro atoms. The fourth-order valence-corrected chi connectivity index (χ4v) is 4.07. The zero-order valence-electron chi connectivity index (χ0n) is 17.3. The van der Waals surface area contributed by atoms with Gasteiger partial charge in [-0.15, -0.1) is 0 Å². The van der Waals surface area contributed by atoms with E-state index in [0.29, 0.717) is 17.9 Å². The van der Waals surface area contributed by atoms with Crippen LogP contribution in [-0.2, 0) is 0 Å². The maximum atomic E-state index is 13.1. The maximum Gasteiger partial charge on any atom is 0.257 e. The summed E-state index contributed by atoms with van der Waals surface area (Å²) in [5, 5.41) is 7.90. The van der Waals surface area contributed by atoms with Gasteiger partial charge in [0.15, 0.2) is 11.5 Å².